The summed E-state index contributed by atoms with van der Waals surface area (Å²) in [6.07, 6.45) is 0.256. The fourth-order valence-electron chi connectivity index (χ4n) is 1.67. The molecule has 0 aromatic heterocycles. The standard InChI is InChI=1S/C15H14Cl2O2/c1-2-15(18)10-3-5-11(6-4-10)19-12-7-8-13(16)14(17)9-12/h3-9,15,18H,2H2,1H3/t15-/m1/s1. The topological polar surface area (TPSA) is 29.5 Å². The summed E-state index contributed by atoms with van der Waals surface area (Å²) in [5, 5.41) is 10.7. The van der Waals surface area contributed by atoms with E-state index in [1.54, 1.807) is 18.2 Å². The minimum absolute atomic E-state index is 0.431. The van der Waals surface area contributed by atoms with Gasteiger partial charge in [0.05, 0.1) is 16.1 Å². The van der Waals surface area contributed by atoms with Crippen molar-refractivity contribution in [2.75, 3.05) is 0 Å². The zero-order chi connectivity index (χ0) is 13.8. The molecule has 100 valence electrons. The normalized spacial score (nSPS) is 12.2. The van der Waals surface area contributed by atoms with E-state index in [4.69, 9.17) is 27.9 Å². The second-order valence-corrected chi connectivity index (χ2v) is 4.99. The summed E-state index contributed by atoms with van der Waals surface area (Å²) in [7, 11) is 0. The maximum atomic E-state index is 9.70. The molecular formula is C15H14Cl2O2. The third kappa shape index (κ3) is 3.63. The molecule has 0 saturated heterocycles. The highest BCUT2D eigenvalue weighted by molar-refractivity contribution is 6.42. The Labute approximate surface area is 122 Å². The van der Waals surface area contributed by atoms with E-state index in [1.807, 2.05) is 31.2 Å². The Hall–Kier alpha value is -1.22. The smallest absolute Gasteiger partial charge is 0.129 e. The summed E-state index contributed by atoms with van der Waals surface area (Å²) in [5.74, 6) is 1.31. The molecule has 2 rings (SSSR count). The summed E-state index contributed by atoms with van der Waals surface area (Å²) in [6, 6.07) is 12.4. The Morgan fingerprint density at radius 1 is 1.00 bits per heavy atom. The van der Waals surface area contributed by atoms with Crippen LogP contribution in [-0.4, -0.2) is 5.11 Å². The van der Waals surface area contributed by atoms with Crippen molar-refractivity contribution in [1.82, 2.24) is 0 Å². The highest BCUT2D eigenvalue weighted by Gasteiger charge is 2.05. The van der Waals surface area contributed by atoms with E-state index in [2.05, 4.69) is 0 Å². The van der Waals surface area contributed by atoms with Crippen molar-refractivity contribution in [3.8, 4) is 11.5 Å². The lowest BCUT2D eigenvalue weighted by Crippen LogP contribution is -1.94. The molecule has 1 N–H and O–H groups in total. The molecule has 0 heterocycles. The minimum atomic E-state index is -0.431. The van der Waals surface area contributed by atoms with E-state index in [1.165, 1.54) is 0 Å². The first-order valence-electron chi connectivity index (χ1n) is 6.01. The first kappa shape index (κ1) is 14.2. The van der Waals surface area contributed by atoms with Gasteiger partial charge in [-0.3, -0.25) is 0 Å². The lowest BCUT2D eigenvalue weighted by molar-refractivity contribution is 0.173. The van der Waals surface area contributed by atoms with Crippen LogP contribution in [0, 0.1) is 0 Å². The number of hydrogen-bond acceptors (Lipinski definition) is 2. The number of hydrogen-bond donors (Lipinski definition) is 1. The van der Waals surface area contributed by atoms with Crippen LogP contribution in [0.15, 0.2) is 42.5 Å². The molecule has 0 aliphatic rings. The van der Waals surface area contributed by atoms with Gasteiger partial charge in [-0.1, -0.05) is 42.3 Å². The average molecular weight is 297 g/mol. The molecule has 2 nitrogen and oxygen atoms in total. The lowest BCUT2D eigenvalue weighted by Gasteiger charge is -2.10. The van der Waals surface area contributed by atoms with Crippen LogP contribution in [0.25, 0.3) is 0 Å². The first-order chi connectivity index (χ1) is 9.10. The molecule has 2 aromatic rings. The summed E-state index contributed by atoms with van der Waals surface area (Å²) in [5.41, 5.74) is 0.879. The van der Waals surface area contributed by atoms with Gasteiger partial charge >= 0.3 is 0 Å². The van der Waals surface area contributed by atoms with E-state index in [0.717, 1.165) is 5.56 Å². The van der Waals surface area contributed by atoms with Crippen molar-refractivity contribution in [3.05, 3.63) is 58.1 Å². The number of aliphatic hydroxyl groups excluding tert-OH is 1. The van der Waals surface area contributed by atoms with Gasteiger partial charge in [-0.25, -0.2) is 0 Å². The molecule has 0 aliphatic carbocycles. The van der Waals surface area contributed by atoms with Gasteiger partial charge in [-0.2, -0.15) is 0 Å². The second kappa shape index (κ2) is 6.29. The van der Waals surface area contributed by atoms with E-state index in [9.17, 15) is 5.11 Å². The van der Waals surface area contributed by atoms with Gasteiger partial charge in [0.2, 0.25) is 0 Å². The van der Waals surface area contributed by atoms with Gasteiger partial charge < -0.3 is 9.84 Å². The SMILES string of the molecule is CC[C@@H](O)c1ccc(Oc2ccc(Cl)c(Cl)c2)cc1. The molecule has 0 bridgehead atoms. The Kier molecular flexibility index (Phi) is 4.70. The molecule has 0 saturated carbocycles. The van der Waals surface area contributed by atoms with E-state index < -0.39 is 6.10 Å². The van der Waals surface area contributed by atoms with Gasteiger partial charge in [0.1, 0.15) is 11.5 Å². The number of benzene rings is 2. The third-order valence-electron chi connectivity index (χ3n) is 2.78. The van der Waals surface area contributed by atoms with Crippen LogP contribution in [0.1, 0.15) is 25.0 Å². The van der Waals surface area contributed by atoms with Crippen LogP contribution in [0.5, 0.6) is 11.5 Å². The summed E-state index contributed by atoms with van der Waals surface area (Å²) in [6.45, 7) is 1.94. The van der Waals surface area contributed by atoms with Crippen molar-refractivity contribution in [1.29, 1.82) is 0 Å². The highest BCUT2D eigenvalue weighted by Crippen LogP contribution is 2.30. The van der Waals surface area contributed by atoms with Gasteiger partial charge in [-0.15, -0.1) is 0 Å². The predicted octanol–water partition coefficient (Wildman–Crippen LogP) is 5.23. The fourth-order valence-corrected chi connectivity index (χ4v) is 1.96. The van der Waals surface area contributed by atoms with Gasteiger partial charge in [0.25, 0.3) is 0 Å². The second-order valence-electron chi connectivity index (χ2n) is 4.17. The first-order valence-corrected chi connectivity index (χ1v) is 6.76. The molecule has 19 heavy (non-hydrogen) atoms. The number of ether oxygens (including phenoxy) is 1. The molecule has 0 aliphatic heterocycles. The lowest BCUT2D eigenvalue weighted by atomic mass is 10.1. The van der Waals surface area contributed by atoms with Gasteiger partial charge in [0.15, 0.2) is 0 Å². The zero-order valence-corrected chi connectivity index (χ0v) is 11.9. The Balaban J connectivity index is 2.12. The molecule has 1 atom stereocenters. The number of halogens is 2. The van der Waals surface area contributed by atoms with Crippen molar-refractivity contribution in [2.24, 2.45) is 0 Å². The molecule has 0 amide bonds. The van der Waals surface area contributed by atoms with Gasteiger partial charge in [-0.05, 0) is 36.2 Å². The minimum Gasteiger partial charge on any atom is -0.457 e. The van der Waals surface area contributed by atoms with Crippen LogP contribution in [0.2, 0.25) is 10.0 Å². The Morgan fingerprint density at radius 3 is 2.21 bits per heavy atom. The van der Waals surface area contributed by atoms with Crippen molar-refractivity contribution in [2.45, 2.75) is 19.4 Å². The molecule has 0 spiro atoms. The molecule has 4 heteroatoms. The maximum Gasteiger partial charge on any atom is 0.129 e. The number of aliphatic hydroxyl groups is 1. The van der Waals surface area contributed by atoms with Gasteiger partial charge in [0, 0.05) is 6.07 Å². The number of rotatable bonds is 4. The van der Waals surface area contributed by atoms with Crippen LogP contribution >= 0.6 is 23.2 Å². The van der Waals surface area contributed by atoms with E-state index >= 15 is 0 Å². The highest BCUT2D eigenvalue weighted by atomic mass is 35.5. The van der Waals surface area contributed by atoms with Crippen molar-refractivity contribution >= 4 is 23.2 Å². The molecule has 2 aromatic carbocycles. The monoisotopic (exact) mass is 296 g/mol. The van der Waals surface area contributed by atoms with E-state index in [-0.39, 0.29) is 0 Å². The Bertz CT molecular complexity index is 553. The predicted molar refractivity (Wildman–Crippen MR) is 78.2 cm³/mol. The molecule has 0 unspecified atom stereocenters. The maximum absolute atomic E-state index is 9.70. The van der Waals surface area contributed by atoms with Crippen LogP contribution < -0.4 is 4.74 Å². The zero-order valence-electron chi connectivity index (χ0n) is 10.4. The fraction of sp³-hybridized carbons (Fsp3) is 0.200. The summed E-state index contributed by atoms with van der Waals surface area (Å²) in [4.78, 5) is 0. The van der Waals surface area contributed by atoms with Crippen molar-refractivity contribution < 1.29 is 9.84 Å². The van der Waals surface area contributed by atoms with E-state index in [0.29, 0.717) is 28.0 Å². The molecule has 0 radical (unpaired) electrons. The van der Waals surface area contributed by atoms with Crippen LogP contribution in [0.4, 0.5) is 0 Å². The Morgan fingerprint density at radius 2 is 1.63 bits per heavy atom. The van der Waals surface area contributed by atoms with Crippen LogP contribution in [-0.2, 0) is 0 Å². The third-order valence-corrected chi connectivity index (χ3v) is 3.52. The van der Waals surface area contributed by atoms with Crippen molar-refractivity contribution in [3.63, 3.8) is 0 Å². The molecule has 0 fully saturated rings. The summed E-state index contributed by atoms with van der Waals surface area (Å²) < 4.78 is 5.66. The largest absolute Gasteiger partial charge is 0.457 e. The quantitative estimate of drug-likeness (QED) is 0.837. The van der Waals surface area contributed by atoms with Crippen LogP contribution in [0.3, 0.4) is 0 Å². The average Bonchev–Trinajstić information content (AvgIpc) is 2.43. The summed E-state index contributed by atoms with van der Waals surface area (Å²) >= 11 is 11.8. The molecular weight excluding hydrogens is 283 g/mol.